The molecule has 1 aliphatic rings. The van der Waals surface area contributed by atoms with Crippen molar-refractivity contribution >= 4 is 17.3 Å². The van der Waals surface area contributed by atoms with Gasteiger partial charge in [-0.3, -0.25) is 0 Å². The summed E-state index contributed by atoms with van der Waals surface area (Å²) in [5.41, 5.74) is 5.09. The van der Waals surface area contributed by atoms with E-state index in [4.69, 9.17) is 4.74 Å². The Morgan fingerprint density at radius 3 is 2.41 bits per heavy atom. The molecular formula is C20H14N4O2S. The first kappa shape index (κ1) is 15.9. The van der Waals surface area contributed by atoms with Crippen LogP contribution in [-0.4, -0.2) is 26.2 Å². The number of benzene rings is 2. The molecule has 7 heteroatoms. The Morgan fingerprint density at radius 2 is 1.74 bits per heavy atom. The molecule has 0 N–H and O–H groups in total. The smallest absolute Gasteiger partial charge is 0.330 e. The maximum atomic E-state index is 12.5. The van der Waals surface area contributed by atoms with Crippen molar-refractivity contribution in [3.8, 4) is 22.5 Å². The lowest BCUT2D eigenvalue weighted by Crippen LogP contribution is -2.18. The van der Waals surface area contributed by atoms with Gasteiger partial charge in [-0.15, -0.1) is 10.2 Å². The number of thiophene rings is 1. The van der Waals surface area contributed by atoms with Crippen LogP contribution in [-0.2, 0) is 16.1 Å². The number of rotatable bonds is 4. The van der Waals surface area contributed by atoms with Crippen LogP contribution in [0.1, 0.15) is 17.2 Å². The van der Waals surface area contributed by atoms with Gasteiger partial charge >= 0.3 is 5.97 Å². The van der Waals surface area contributed by atoms with Crippen molar-refractivity contribution in [3.63, 3.8) is 0 Å². The molecule has 2 aromatic heterocycles. The largest absolute Gasteiger partial charge is 0.451 e. The quantitative estimate of drug-likeness (QED) is 0.509. The zero-order valence-electron chi connectivity index (χ0n) is 14.1. The number of hydrogen-bond donors (Lipinski definition) is 0. The van der Waals surface area contributed by atoms with Gasteiger partial charge in [-0.25, -0.2) is 4.79 Å². The maximum Gasteiger partial charge on any atom is 0.330 e. The molecule has 4 aromatic rings. The topological polar surface area (TPSA) is 69.9 Å². The molecule has 2 aromatic carbocycles. The van der Waals surface area contributed by atoms with E-state index in [0.29, 0.717) is 5.82 Å². The van der Waals surface area contributed by atoms with Gasteiger partial charge < -0.3 is 4.74 Å². The summed E-state index contributed by atoms with van der Waals surface area (Å²) >= 11 is 1.56. The molecule has 1 aliphatic carbocycles. The summed E-state index contributed by atoms with van der Waals surface area (Å²) in [4.78, 5) is 13.8. The SMILES string of the molecule is O=C(Cn1nnc(-c2ccsc2)n1)OC1c2ccccc2-c2ccccc21. The van der Waals surface area contributed by atoms with Gasteiger partial charge in [0, 0.05) is 22.1 Å². The fourth-order valence-corrected chi connectivity index (χ4v) is 3.97. The van der Waals surface area contributed by atoms with E-state index in [2.05, 4.69) is 15.4 Å². The Bertz CT molecular complexity index is 1070. The second-order valence-electron chi connectivity index (χ2n) is 6.20. The van der Waals surface area contributed by atoms with Crippen molar-refractivity contribution in [1.29, 1.82) is 0 Å². The molecule has 0 saturated heterocycles. The lowest BCUT2D eigenvalue weighted by Gasteiger charge is -2.14. The highest BCUT2D eigenvalue weighted by molar-refractivity contribution is 7.08. The normalized spacial score (nSPS) is 12.6. The van der Waals surface area contributed by atoms with Gasteiger partial charge in [0.15, 0.2) is 12.6 Å². The van der Waals surface area contributed by atoms with Crippen LogP contribution in [0.2, 0.25) is 0 Å². The monoisotopic (exact) mass is 374 g/mol. The van der Waals surface area contributed by atoms with Crippen LogP contribution in [0, 0.1) is 0 Å². The molecule has 132 valence electrons. The molecule has 6 nitrogen and oxygen atoms in total. The van der Waals surface area contributed by atoms with Crippen LogP contribution in [0.25, 0.3) is 22.5 Å². The van der Waals surface area contributed by atoms with Crippen LogP contribution < -0.4 is 0 Å². The first-order chi connectivity index (χ1) is 13.3. The van der Waals surface area contributed by atoms with Crippen molar-refractivity contribution in [2.75, 3.05) is 0 Å². The molecule has 0 unspecified atom stereocenters. The minimum Gasteiger partial charge on any atom is -0.451 e. The van der Waals surface area contributed by atoms with E-state index in [1.807, 2.05) is 65.4 Å². The van der Waals surface area contributed by atoms with Gasteiger partial charge in [-0.1, -0.05) is 48.5 Å². The Morgan fingerprint density at radius 1 is 1.04 bits per heavy atom. The average molecular weight is 374 g/mol. The van der Waals surface area contributed by atoms with Gasteiger partial charge in [0.05, 0.1) is 0 Å². The molecule has 0 aliphatic heterocycles. The summed E-state index contributed by atoms with van der Waals surface area (Å²) in [6, 6.07) is 17.9. The number of carbonyl (C=O) groups excluding carboxylic acids is 1. The first-order valence-corrected chi connectivity index (χ1v) is 9.42. The highest BCUT2D eigenvalue weighted by Crippen LogP contribution is 2.45. The predicted octanol–water partition coefficient (Wildman–Crippen LogP) is 3.71. The molecule has 0 spiro atoms. The Kier molecular flexibility index (Phi) is 3.79. The molecule has 0 saturated carbocycles. The van der Waals surface area contributed by atoms with Gasteiger partial charge in [0.1, 0.15) is 0 Å². The standard InChI is InChI=1S/C20H14N4O2S/c25-18(11-24-22-20(21-23-24)13-9-10-27-12-13)26-19-16-7-3-1-5-14(16)15-6-2-4-8-17(15)19/h1-10,12,19H,11H2. The number of nitrogens with zero attached hydrogens (tertiary/aromatic N) is 4. The zero-order chi connectivity index (χ0) is 18.2. The van der Waals surface area contributed by atoms with E-state index >= 15 is 0 Å². The summed E-state index contributed by atoms with van der Waals surface area (Å²) in [7, 11) is 0. The Hall–Kier alpha value is -3.32. The molecule has 0 atom stereocenters. The predicted molar refractivity (Wildman–Crippen MR) is 101 cm³/mol. The number of fused-ring (bicyclic) bond motifs is 3. The third-order valence-corrected chi connectivity index (χ3v) is 5.21. The van der Waals surface area contributed by atoms with Crippen molar-refractivity contribution in [2.45, 2.75) is 12.6 Å². The lowest BCUT2D eigenvalue weighted by atomic mass is 10.1. The summed E-state index contributed by atoms with van der Waals surface area (Å²) in [5.74, 6) is 0.0985. The fourth-order valence-electron chi connectivity index (χ4n) is 3.34. The first-order valence-electron chi connectivity index (χ1n) is 8.48. The highest BCUT2D eigenvalue weighted by Gasteiger charge is 2.31. The molecule has 0 fully saturated rings. The van der Waals surface area contributed by atoms with Crippen molar-refractivity contribution in [3.05, 3.63) is 76.5 Å². The minimum absolute atomic E-state index is 0.0853. The van der Waals surface area contributed by atoms with Crippen molar-refractivity contribution in [1.82, 2.24) is 20.2 Å². The van der Waals surface area contributed by atoms with Crippen LogP contribution in [0.4, 0.5) is 0 Å². The average Bonchev–Trinajstić information content (AvgIpc) is 3.42. The van der Waals surface area contributed by atoms with Crippen LogP contribution >= 0.6 is 11.3 Å². The molecule has 0 radical (unpaired) electrons. The number of aromatic nitrogens is 4. The second kappa shape index (κ2) is 6.44. The number of tetrazole rings is 1. The third-order valence-electron chi connectivity index (χ3n) is 4.53. The summed E-state index contributed by atoms with van der Waals surface area (Å²) < 4.78 is 5.80. The summed E-state index contributed by atoms with van der Waals surface area (Å²) in [6.45, 7) is -0.0853. The van der Waals surface area contributed by atoms with Crippen molar-refractivity contribution < 1.29 is 9.53 Å². The fraction of sp³-hybridized carbons (Fsp3) is 0.100. The minimum atomic E-state index is -0.412. The molecule has 0 amide bonds. The molecule has 27 heavy (non-hydrogen) atoms. The number of hydrogen-bond acceptors (Lipinski definition) is 6. The van der Waals surface area contributed by atoms with Crippen LogP contribution in [0.5, 0.6) is 0 Å². The Balaban J connectivity index is 1.37. The van der Waals surface area contributed by atoms with Gasteiger partial charge in [-0.2, -0.15) is 16.1 Å². The number of esters is 1. The summed E-state index contributed by atoms with van der Waals surface area (Å²) in [6.07, 6.45) is -0.412. The van der Waals surface area contributed by atoms with Gasteiger partial charge in [0.25, 0.3) is 0 Å². The van der Waals surface area contributed by atoms with E-state index < -0.39 is 12.1 Å². The lowest BCUT2D eigenvalue weighted by molar-refractivity contribution is -0.148. The van der Waals surface area contributed by atoms with Gasteiger partial charge in [0.2, 0.25) is 5.82 Å². The molecule has 2 heterocycles. The zero-order valence-corrected chi connectivity index (χ0v) is 15.0. The van der Waals surface area contributed by atoms with E-state index in [9.17, 15) is 4.79 Å². The third kappa shape index (κ3) is 2.82. The number of ether oxygens (including phenoxy) is 1. The molecular weight excluding hydrogens is 360 g/mol. The maximum absolute atomic E-state index is 12.5. The van der Waals surface area contributed by atoms with E-state index in [0.717, 1.165) is 27.8 Å². The van der Waals surface area contributed by atoms with E-state index in [1.165, 1.54) is 4.80 Å². The molecule has 5 rings (SSSR count). The number of carbonyl (C=O) groups is 1. The van der Waals surface area contributed by atoms with Crippen LogP contribution in [0.15, 0.2) is 65.4 Å². The van der Waals surface area contributed by atoms with Gasteiger partial charge in [-0.05, 0) is 27.8 Å². The van der Waals surface area contributed by atoms with E-state index in [1.54, 1.807) is 11.3 Å². The van der Waals surface area contributed by atoms with E-state index in [-0.39, 0.29) is 6.54 Å². The Labute approximate surface area is 159 Å². The summed E-state index contributed by atoms with van der Waals surface area (Å²) in [5, 5.41) is 16.1. The van der Waals surface area contributed by atoms with Crippen LogP contribution in [0.3, 0.4) is 0 Å². The second-order valence-corrected chi connectivity index (χ2v) is 6.98. The van der Waals surface area contributed by atoms with Crippen molar-refractivity contribution in [2.24, 2.45) is 0 Å². The molecule has 0 bridgehead atoms. The highest BCUT2D eigenvalue weighted by atomic mass is 32.1.